The Bertz CT molecular complexity index is 309. The molecule has 116 valence electrons. The molecule has 0 aromatic carbocycles. The third-order valence-corrected chi connectivity index (χ3v) is 5.90. The Morgan fingerprint density at radius 1 is 0.950 bits per heavy atom. The van der Waals surface area contributed by atoms with Crippen molar-refractivity contribution >= 4 is 0 Å². The number of rotatable bonds is 2. The fraction of sp³-hybridized carbons (Fsp3) is 1.00. The highest BCUT2D eigenvalue weighted by Crippen LogP contribution is 2.28. The minimum atomic E-state index is -0.0471. The molecular formula is C17H32N2O. The number of hydrogen-bond acceptors (Lipinski definition) is 3. The first-order valence-electron chi connectivity index (χ1n) is 8.90. The van der Waals surface area contributed by atoms with Crippen LogP contribution in [0.3, 0.4) is 0 Å². The summed E-state index contributed by atoms with van der Waals surface area (Å²) in [5, 5.41) is 10.4. The van der Waals surface area contributed by atoms with E-state index in [9.17, 15) is 5.11 Å². The Balaban J connectivity index is 1.58. The number of hydrogen-bond donors (Lipinski definition) is 1. The quantitative estimate of drug-likeness (QED) is 0.787. The summed E-state index contributed by atoms with van der Waals surface area (Å²) >= 11 is 0. The molecule has 4 unspecified atom stereocenters. The van der Waals surface area contributed by atoms with Crippen LogP contribution in [0.15, 0.2) is 0 Å². The van der Waals surface area contributed by atoms with E-state index >= 15 is 0 Å². The molecular weight excluding hydrogens is 248 g/mol. The van der Waals surface area contributed by atoms with E-state index in [1.807, 2.05) is 0 Å². The van der Waals surface area contributed by atoms with Gasteiger partial charge in [0, 0.05) is 31.7 Å². The Labute approximate surface area is 124 Å². The second-order valence-corrected chi connectivity index (χ2v) is 7.41. The molecule has 0 amide bonds. The van der Waals surface area contributed by atoms with Crippen molar-refractivity contribution in [3.05, 3.63) is 0 Å². The molecule has 2 aliphatic heterocycles. The molecule has 3 aliphatic rings. The van der Waals surface area contributed by atoms with E-state index in [1.165, 1.54) is 64.6 Å². The normalized spacial score (nSPS) is 41.1. The molecule has 1 saturated carbocycles. The molecule has 2 heterocycles. The largest absolute Gasteiger partial charge is 0.393 e. The van der Waals surface area contributed by atoms with Crippen LogP contribution in [0.5, 0.6) is 0 Å². The topological polar surface area (TPSA) is 26.7 Å². The van der Waals surface area contributed by atoms with Crippen molar-refractivity contribution in [2.24, 2.45) is 5.92 Å². The number of aliphatic hydroxyl groups excluding tert-OH is 1. The molecule has 3 nitrogen and oxygen atoms in total. The van der Waals surface area contributed by atoms with E-state index in [1.54, 1.807) is 0 Å². The van der Waals surface area contributed by atoms with E-state index in [-0.39, 0.29) is 6.10 Å². The van der Waals surface area contributed by atoms with Gasteiger partial charge >= 0.3 is 0 Å². The minimum Gasteiger partial charge on any atom is -0.393 e. The van der Waals surface area contributed by atoms with Crippen LogP contribution in [0.1, 0.15) is 58.3 Å². The molecule has 3 fully saturated rings. The summed E-state index contributed by atoms with van der Waals surface area (Å²) in [6.07, 6.45) is 10.3. The summed E-state index contributed by atoms with van der Waals surface area (Å²) in [5.41, 5.74) is 0. The lowest BCUT2D eigenvalue weighted by Gasteiger charge is -2.48. The molecule has 20 heavy (non-hydrogen) atoms. The first kappa shape index (κ1) is 14.8. The Morgan fingerprint density at radius 3 is 2.65 bits per heavy atom. The Kier molecular flexibility index (Phi) is 5.00. The van der Waals surface area contributed by atoms with Gasteiger partial charge in [0.25, 0.3) is 0 Å². The average Bonchev–Trinajstić information content (AvgIpc) is 2.65. The van der Waals surface area contributed by atoms with Crippen molar-refractivity contribution in [1.29, 1.82) is 0 Å². The van der Waals surface area contributed by atoms with Gasteiger partial charge in [-0.1, -0.05) is 25.7 Å². The van der Waals surface area contributed by atoms with Crippen LogP contribution < -0.4 is 0 Å². The van der Waals surface area contributed by atoms with Gasteiger partial charge in [-0.05, 0) is 45.1 Å². The van der Waals surface area contributed by atoms with Crippen LogP contribution in [0.2, 0.25) is 0 Å². The Morgan fingerprint density at radius 2 is 1.75 bits per heavy atom. The number of piperidine rings is 1. The van der Waals surface area contributed by atoms with Gasteiger partial charge in [-0.2, -0.15) is 0 Å². The van der Waals surface area contributed by atoms with Gasteiger partial charge in [0.2, 0.25) is 0 Å². The molecule has 2 saturated heterocycles. The van der Waals surface area contributed by atoms with Crippen LogP contribution in [0, 0.1) is 5.92 Å². The number of fused-ring (bicyclic) bond motifs is 1. The molecule has 1 N–H and O–H groups in total. The maximum Gasteiger partial charge on any atom is 0.0580 e. The third kappa shape index (κ3) is 3.37. The number of piperazine rings is 1. The fourth-order valence-electron chi connectivity index (χ4n) is 4.55. The summed E-state index contributed by atoms with van der Waals surface area (Å²) in [6.45, 7) is 7.31. The van der Waals surface area contributed by atoms with Crippen LogP contribution in [0.25, 0.3) is 0 Å². The van der Waals surface area contributed by atoms with E-state index < -0.39 is 0 Å². The predicted molar refractivity (Wildman–Crippen MR) is 82.8 cm³/mol. The maximum absolute atomic E-state index is 10.4. The van der Waals surface area contributed by atoms with Gasteiger partial charge < -0.3 is 5.11 Å². The molecule has 0 radical (unpaired) electrons. The van der Waals surface area contributed by atoms with E-state index in [2.05, 4.69) is 16.7 Å². The lowest BCUT2D eigenvalue weighted by Crippen LogP contribution is -2.59. The van der Waals surface area contributed by atoms with Gasteiger partial charge in [-0.25, -0.2) is 0 Å². The molecule has 0 aromatic heterocycles. The van der Waals surface area contributed by atoms with Crippen molar-refractivity contribution in [2.45, 2.75) is 76.5 Å². The fourth-order valence-corrected chi connectivity index (χ4v) is 4.55. The van der Waals surface area contributed by atoms with Gasteiger partial charge in [-0.15, -0.1) is 0 Å². The molecule has 1 aliphatic carbocycles. The summed E-state index contributed by atoms with van der Waals surface area (Å²) in [5.74, 6) is 0.523. The zero-order valence-corrected chi connectivity index (χ0v) is 13.1. The van der Waals surface area contributed by atoms with Gasteiger partial charge in [-0.3, -0.25) is 9.80 Å². The van der Waals surface area contributed by atoms with Crippen molar-refractivity contribution in [3.8, 4) is 0 Å². The lowest BCUT2D eigenvalue weighted by atomic mass is 9.93. The summed E-state index contributed by atoms with van der Waals surface area (Å²) in [6, 6.07) is 1.46. The van der Waals surface area contributed by atoms with Crippen LogP contribution in [0.4, 0.5) is 0 Å². The van der Waals surface area contributed by atoms with Crippen LogP contribution in [-0.2, 0) is 0 Å². The smallest absolute Gasteiger partial charge is 0.0580 e. The minimum absolute atomic E-state index is 0.0471. The van der Waals surface area contributed by atoms with Gasteiger partial charge in [0.1, 0.15) is 0 Å². The lowest BCUT2D eigenvalue weighted by molar-refractivity contribution is -0.00934. The molecule has 0 bridgehead atoms. The van der Waals surface area contributed by atoms with Gasteiger partial charge in [0.15, 0.2) is 0 Å². The first-order valence-corrected chi connectivity index (χ1v) is 8.90. The highest BCUT2D eigenvalue weighted by molar-refractivity contribution is 4.90. The third-order valence-electron chi connectivity index (χ3n) is 5.90. The zero-order chi connectivity index (χ0) is 13.9. The van der Waals surface area contributed by atoms with Crippen molar-refractivity contribution < 1.29 is 5.11 Å². The first-order chi connectivity index (χ1) is 9.74. The molecule has 0 aromatic rings. The molecule has 0 spiro atoms. The second-order valence-electron chi connectivity index (χ2n) is 7.41. The van der Waals surface area contributed by atoms with Crippen molar-refractivity contribution in [3.63, 3.8) is 0 Å². The molecule has 3 heteroatoms. The van der Waals surface area contributed by atoms with Crippen LogP contribution in [-0.4, -0.2) is 59.3 Å². The van der Waals surface area contributed by atoms with E-state index in [4.69, 9.17) is 0 Å². The molecule has 3 rings (SSSR count). The monoisotopic (exact) mass is 280 g/mol. The van der Waals surface area contributed by atoms with Gasteiger partial charge in [0.05, 0.1) is 6.10 Å². The second kappa shape index (κ2) is 6.76. The average molecular weight is 280 g/mol. The number of nitrogens with zero attached hydrogens (tertiary/aromatic N) is 2. The number of aliphatic hydroxyl groups is 1. The Hall–Kier alpha value is -0.120. The summed E-state index contributed by atoms with van der Waals surface area (Å²) in [4.78, 5) is 5.40. The SMILES string of the molecule is CC1CN2CCCCC2CN1CC1CCCCCC1O. The standard InChI is InChI=1S/C17H32N2O/c1-14-11-18-10-6-5-8-16(18)13-19(14)12-15-7-3-2-4-9-17(15)20/h14-17,20H,2-13H2,1H3. The molecule has 4 atom stereocenters. The van der Waals surface area contributed by atoms with E-state index in [0.29, 0.717) is 12.0 Å². The highest BCUT2D eigenvalue weighted by atomic mass is 16.3. The summed E-state index contributed by atoms with van der Waals surface area (Å²) in [7, 11) is 0. The van der Waals surface area contributed by atoms with Crippen molar-refractivity contribution in [1.82, 2.24) is 9.80 Å². The summed E-state index contributed by atoms with van der Waals surface area (Å²) < 4.78 is 0. The highest BCUT2D eigenvalue weighted by Gasteiger charge is 2.34. The van der Waals surface area contributed by atoms with E-state index in [0.717, 1.165) is 19.0 Å². The predicted octanol–water partition coefficient (Wildman–Crippen LogP) is 2.49. The van der Waals surface area contributed by atoms with Crippen LogP contribution >= 0.6 is 0 Å². The van der Waals surface area contributed by atoms with Crippen molar-refractivity contribution in [2.75, 3.05) is 26.2 Å². The zero-order valence-electron chi connectivity index (χ0n) is 13.1. The maximum atomic E-state index is 10.4.